The molecule has 2 rings (SSSR count). The lowest BCUT2D eigenvalue weighted by molar-refractivity contribution is -0.136. The molecular weight excluding hydrogens is 424 g/mol. The molecule has 0 unspecified atom stereocenters. The number of hydrogen-bond acceptors (Lipinski definition) is 3. The van der Waals surface area contributed by atoms with Gasteiger partial charge < -0.3 is 9.47 Å². The molecule has 0 aliphatic carbocycles. The maximum atomic E-state index is 11.9. The van der Waals surface area contributed by atoms with Gasteiger partial charge in [-0.2, -0.15) is 0 Å². The summed E-state index contributed by atoms with van der Waals surface area (Å²) in [6.45, 7) is 6.26. The molecule has 3 nitrogen and oxygen atoms in total. The predicted molar refractivity (Wildman–Crippen MR) is 98.1 cm³/mol. The summed E-state index contributed by atoms with van der Waals surface area (Å²) in [6, 6.07) is 13.0. The van der Waals surface area contributed by atoms with E-state index in [1.54, 1.807) is 18.2 Å². The minimum absolute atomic E-state index is 0.0690. The van der Waals surface area contributed by atoms with E-state index in [-0.39, 0.29) is 12.0 Å². The number of benzene rings is 2. The summed E-state index contributed by atoms with van der Waals surface area (Å²) in [5.74, 6) is 0.665. The summed E-state index contributed by atoms with van der Waals surface area (Å²) in [4.78, 5) is 11.9. The van der Waals surface area contributed by atoms with Crippen molar-refractivity contribution in [3.63, 3.8) is 0 Å². The normalized spacial score (nSPS) is 11.2. The third kappa shape index (κ3) is 5.36. The quantitative estimate of drug-likeness (QED) is 0.464. The number of esters is 1. The first kappa shape index (κ1) is 18.0. The van der Waals surface area contributed by atoms with Crippen LogP contribution in [-0.4, -0.2) is 12.6 Å². The van der Waals surface area contributed by atoms with Gasteiger partial charge in [0.05, 0.1) is 4.47 Å². The van der Waals surface area contributed by atoms with Gasteiger partial charge in [0.15, 0.2) is 6.61 Å². The largest absolute Gasteiger partial charge is 0.481 e. The fourth-order valence-electron chi connectivity index (χ4n) is 1.91. The Morgan fingerprint density at radius 2 is 1.70 bits per heavy atom. The highest BCUT2D eigenvalue weighted by Crippen LogP contribution is 2.28. The lowest BCUT2D eigenvalue weighted by Crippen LogP contribution is -2.18. The second-order valence-electron chi connectivity index (χ2n) is 6.11. The summed E-state index contributed by atoms with van der Waals surface area (Å²) in [5, 5.41) is 0. The summed E-state index contributed by atoms with van der Waals surface area (Å²) < 4.78 is 12.4. The molecule has 23 heavy (non-hydrogen) atoms. The Bertz CT molecular complexity index is 688. The van der Waals surface area contributed by atoms with E-state index in [4.69, 9.17) is 9.47 Å². The van der Waals surface area contributed by atoms with Crippen LogP contribution in [0.5, 0.6) is 11.5 Å². The first-order chi connectivity index (χ1) is 10.8. The van der Waals surface area contributed by atoms with Crippen LogP contribution in [0, 0.1) is 0 Å². The standard InChI is InChI=1S/C18H18Br2O3/c1-18(2,3)12-4-7-14(8-5-12)23-17(21)11-22-16-9-6-13(19)10-15(16)20/h4-10H,11H2,1-3H3. The van der Waals surface area contributed by atoms with Crippen LogP contribution < -0.4 is 9.47 Å². The number of carbonyl (C=O) groups excluding carboxylic acids is 1. The fourth-order valence-corrected chi connectivity index (χ4v) is 3.07. The van der Waals surface area contributed by atoms with Crippen molar-refractivity contribution in [2.75, 3.05) is 6.61 Å². The molecule has 0 spiro atoms. The van der Waals surface area contributed by atoms with Gasteiger partial charge >= 0.3 is 5.97 Å². The Kier molecular flexibility index (Phi) is 5.87. The van der Waals surface area contributed by atoms with Gasteiger partial charge in [0.25, 0.3) is 0 Å². The van der Waals surface area contributed by atoms with Crippen molar-refractivity contribution in [1.82, 2.24) is 0 Å². The maximum absolute atomic E-state index is 11.9. The van der Waals surface area contributed by atoms with Gasteiger partial charge in [0.1, 0.15) is 11.5 Å². The molecule has 0 N–H and O–H groups in total. The molecule has 0 aliphatic rings. The van der Waals surface area contributed by atoms with Crippen LogP contribution in [0.2, 0.25) is 0 Å². The fraction of sp³-hybridized carbons (Fsp3) is 0.278. The van der Waals surface area contributed by atoms with E-state index in [0.717, 1.165) is 8.95 Å². The van der Waals surface area contributed by atoms with Gasteiger partial charge in [0, 0.05) is 4.47 Å². The summed E-state index contributed by atoms with van der Waals surface area (Å²) in [5.41, 5.74) is 1.26. The van der Waals surface area contributed by atoms with Gasteiger partial charge in [-0.1, -0.05) is 48.8 Å². The highest BCUT2D eigenvalue weighted by atomic mass is 79.9. The highest BCUT2D eigenvalue weighted by molar-refractivity contribution is 9.11. The average Bonchev–Trinajstić information content (AvgIpc) is 2.46. The molecule has 0 atom stereocenters. The van der Waals surface area contributed by atoms with Crippen molar-refractivity contribution < 1.29 is 14.3 Å². The summed E-state index contributed by atoms with van der Waals surface area (Å²) >= 11 is 6.75. The predicted octanol–water partition coefficient (Wildman–Crippen LogP) is 5.49. The molecule has 2 aromatic carbocycles. The zero-order chi connectivity index (χ0) is 17.0. The van der Waals surface area contributed by atoms with E-state index in [1.807, 2.05) is 24.3 Å². The van der Waals surface area contributed by atoms with Crippen molar-refractivity contribution in [3.05, 3.63) is 57.0 Å². The Labute approximate surface area is 153 Å². The van der Waals surface area contributed by atoms with E-state index in [0.29, 0.717) is 11.5 Å². The van der Waals surface area contributed by atoms with Gasteiger partial charge in [-0.05, 0) is 57.2 Å². The third-order valence-corrected chi connectivity index (χ3v) is 4.30. The number of carbonyl (C=O) groups is 1. The molecular formula is C18H18Br2O3. The van der Waals surface area contributed by atoms with Crippen molar-refractivity contribution >= 4 is 37.8 Å². The highest BCUT2D eigenvalue weighted by Gasteiger charge is 2.14. The molecule has 0 bridgehead atoms. The second kappa shape index (κ2) is 7.49. The van der Waals surface area contributed by atoms with E-state index < -0.39 is 5.97 Å². The van der Waals surface area contributed by atoms with E-state index in [1.165, 1.54) is 5.56 Å². The van der Waals surface area contributed by atoms with E-state index >= 15 is 0 Å². The van der Waals surface area contributed by atoms with Crippen LogP contribution >= 0.6 is 31.9 Å². The molecule has 0 aliphatic heterocycles. The van der Waals surface area contributed by atoms with Crippen LogP contribution in [0.4, 0.5) is 0 Å². The van der Waals surface area contributed by atoms with Crippen LogP contribution in [0.15, 0.2) is 51.4 Å². The smallest absolute Gasteiger partial charge is 0.349 e. The number of hydrogen-bond donors (Lipinski definition) is 0. The monoisotopic (exact) mass is 440 g/mol. The topological polar surface area (TPSA) is 35.5 Å². The lowest BCUT2D eigenvalue weighted by Gasteiger charge is -2.19. The van der Waals surface area contributed by atoms with Crippen LogP contribution in [0.1, 0.15) is 26.3 Å². The SMILES string of the molecule is CC(C)(C)c1ccc(OC(=O)COc2ccc(Br)cc2Br)cc1. The Hall–Kier alpha value is -1.33. The first-order valence-corrected chi connectivity index (χ1v) is 8.73. The van der Waals surface area contributed by atoms with Crippen LogP contribution in [0.25, 0.3) is 0 Å². The Balaban J connectivity index is 1.92. The average molecular weight is 442 g/mol. The van der Waals surface area contributed by atoms with Crippen molar-refractivity contribution in [2.45, 2.75) is 26.2 Å². The lowest BCUT2D eigenvalue weighted by atomic mass is 9.87. The minimum Gasteiger partial charge on any atom is -0.481 e. The van der Waals surface area contributed by atoms with Crippen LogP contribution in [-0.2, 0) is 10.2 Å². The molecule has 0 amide bonds. The van der Waals surface area contributed by atoms with Crippen molar-refractivity contribution in [2.24, 2.45) is 0 Å². The second-order valence-corrected chi connectivity index (χ2v) is 7.88. The molecule has 0 aromatic heterocycles. The minimum atomic E-state index is -0.441. The molecule has 5 heteroatoms. The van der Waals surface area contributed by atoms with E-state index in [2.05, 4.69) is 52.6 Å². The Morgan fingerprint density at radius 3 is 2.26 bits per heavy atom. The third-order valence-electron chi connectivity index (χ3n) is 3.19. The van der Waals surface area contributed by atoms with Crippen LogP contribution in [0.3, 0.4) is 0 Å². The zero-order valence-corrected chi connectivity index (χ0v) is 16.4. The zero-order valence-electron chi connectivity index (χ0n) is 13.2. The molecule has 0 heterocycles. The molecule has 0 radical (unpaired) electrons. The molecule has 0 saturated heterocycles. The maximum Gasteiger partial charge on any atom is 0.349 e. The van der Waals surface area contributed by atoms with Gasteiger partial charge in [-0.3, -0.25) is 0 Å². The van der Waals surface area contributed by atoms with E-state index in [9.17, 15) is 4.79 Å². The van der Waals surface area contributed by atoms with Gasteiger partial charge in [-0.25, -0.2) is 4.79 Å². The number of ether oxygens (including phenoxy) is 2. The number of rotatable bonds is 4. The first-order valence-electron chi connectivity index (χ1n) is 7.15. The van der Waals surface area contributed by atoms with Crippen molar-refractivity contribution in [1.29, 1.82) is 0 Å². The Morgan fingerprint density at radius 1 is 1.04 bits per heavy atom. The molecule has 0 fully saturated rings. The summed E-state index contributed by atoms with van der Waals surface area (Å²) in [7, 11) is 0. The van der Waals surface area contributed by atoms with Gasteiger partial charge in [0.2, 0.25) is 0 Å². The van der Waals surface area contributed by atoms with Crippen molar-refractivity contribution in [3.8, 4) is 11.5 Å². The summed E-state index contributed by atoms with van der Waals surface area (Å²) in [6.07, 6.45) is 0. The molecule has 122 valence electrons. The number of halogens is 2. The van der Waals surface area contributed by atoms with Gasteiger partial charge in [-0.15, -0.1) is 0 Å². The molecule has 0 saturated carbocycles. The molecule has 2 aromatic rings.